The Hall–Kier alpha value is -2.86. The maximum atomic E-state index is 12.6. The van der Waals surface area contributed by atoms with Crippen LogP contribution in [0.4, 0.5) is 5.69 Å². The van der Waals surface area contributed by atoms with Gasteiger partial charge in [-0.1, -0.05) is 25.1 Å². The molecule has 1 amide bonds. The molecule has 0 aliphatic rings. The van der Waals surface area contributed by atoms with Crippen molar-refractivity contribution < 1.29 is 9.90 Å². The number of hydrogen-bond acceptors (Lipinski definition) is 4. The third-order valence-electron chi connectivity index (χ3n) is 5.22. The second-order valence-electron chi connectivity index (χ2n) is 7.26. The Morgan fingerprint density at radius 2 is 2.04 bits per heavy atom. The van der Waals surface area contributed by atoms with E-state index in [2.05, 4.69) is 42.3 Å². The molecule has 1 heterocycles. The summed E-state index contributed by atoms with van der Waals surface area (Å²) >= 11 is 0. The number of aliphatic hydroxyl groups excluding tert-OH is 1. The fourth-order valence-corrected chi connectivity index (χ4v) is 3.52. The Balaban J connectivity index is 2.08. The Morgan fingerprint density at radius 3 is 2.68 bits per heavy atom. The summed E-state index contributed by atoms with van der Waals surface area (Å²) in [6.45, 7) is 4.76. The van der Waals surface area contributed by atoms with Gasteiger partial charge in [-0.05, 0) is 42.2 Å². The number of carbonyl (C=O) groups is 1. The highest BCUT2D eigenvalue weighted by Gasteiger charge is 2.17. The molecule has 148 valence electrons. The Bertz CT molecular complexity index is 1020. The van der Waals surface area contributed by atoms with Crippen molar-refractivity contribution in [1.29, 1.82) is 0 Å². The molecule has 0 radical (unpaired) electrons. The number of nitrogens with zero attached hydrogens (tertiary/aromatic N) is 3. The normalized spacial score (nSPS) is 11.1. The van der Waals surface area contributed by atoms with Gasteiger partial charge in [0, 0.05) is 33.3 Å². The molecule has 6 heteroatoms. The van der Waals surface area contributed by atoms with Crippen molar-refractivity contribution in [3.63, 3.8) is 0 Å². The number of aryl methyl sites for hydroxylation is 3. The summed E-state index contributed by atoms with van der Waals surface area (Å²) < 4.78 is 1.83. The van der Waals surface area contributed by atoms with E-state index in [0.717, 1.165) is 23.1 Å². The topological polar surface area (TPSA) is 70.4 Å². The highest BCUT2D eigenvalue weighted by atomic mass is 16.3. The molecule has 3 aromatic rings. The Kier molecular flexibility index (Phi) is 5.70. The van der Waals surface area contributed by atoms with Gasteiger partial charge in [0.1, 0.15) is 17.9 Å². The first kappa shape index (κ1) is 19.9. The Morgan fingerprint density at radius 1 is 1.29 bits per heavy atom. The van der Waals surface area contributed by atoms with Gasteiger partial charge < -0.3 is 19.9 Å². The average Bonchev–Trinajstić information content (AvgIpc) is 3.01. The summed E-state index contributed by atoms with van der Waals surface area (Å²) in [6.07, 6.45) is 0.964. The average molecular weight is 380 g/mol. The zero-order valence-electron chi connectivity index (χ0n) is 17.2. The highest BCUT2D eigenvalue weighted by Crippen LogP contribution is 2.28. The van der Waals surface area contributed by atoms with Crippen LogP contribution in [-0.2, 0) is 26.6 Å². The highest BCUT2D eigenvalue weighted by molar-refractivity contribution is 6.01. The lowest BCUT2D eigenvalue weighted by Crippen LogP contribution is -2.21. The smallest absolute Gasteiger partial charge is 0.253 e. The Labute approximate surface area is 165 Å². The molecule has 28 heavy (non-hydrogen) atoms. The standard InChI is InChI=1S/C22H28N4O2/c1-6-15-9-7-8-14(2)17(15)12-23-18-10-16(22(28)25(3)4)11-19-21(18)24-20(13-27)26(19)5/h7-11,23,27H,6,12-13H2,1-5H3. The number of nitrogens with one attached hydrogen (secondary N) is 1. The SMILES string of the molecule is CCc1cccc(C)c1CNc1cc(C(=O)N(C)C)cc2c1nc(CO)n2C. The number of amides is 1. The van der Waals surface area contributed by atoms with E-state index >= 15 is 0 Å². The largest absolute Gasteiger partial charge is 0.388 e. The zero-order chi connectivity index (χ0) is 20.4. The zero-order valence-corrected chi connectivity index (χ0v) is 17.2. The minimum atomic E-state index is -0.153. The van der Waals surface area contributed by atoms with Crippen molar-refractivity contribution in [2.24, 2.45) is 7.05 Å². The molecule has 2 aromatic carbocycles. The monoisotopic (exact) mass is 380 g/mol. The van der Waals surface area contributed by atoms with E-state index < -0.39 is 0 Å². The lowest BCUT2D eigenvalue weighted by atomic mass is 10.00. The maximum Gasteiger partial charge on any atom is 0.253 e. The summed E-state index contributed by atoms with van der Waals surface area (Å²) in [4.78, 5) is 18.7. The van der Waals surface area contributed by atoms with Crippen molar-refractivity contribution in [2.45, 2.75) is 33.4 Å². The summed E-state index contributed by atoms with van der Waals surface area (Å²) in [7, 11) is 5.33. The van der Waals surface area contributed by atoms with Gasteiger partial charge in [0.25, 0.3) is 5.91 Å². The molecular formula is C22H28N4O2. The van der Waals surface area contributed by atoms with Crippen LogP contribution in [0.1, 0.15) is 39.8 Å². The third-order valence-corrected chi connectivity index (χ3v) is 5.22. The van der Waals surface area contributed by atoms with Crippen LogP contribution in [0.25, 0.3) is 11.0 Å². The number of fused-ring (bicyclic) bond motifs is 1. The number of carbonyl (C=O) groups excluding carboxylic acids is 1. The summed E-state index contributed by atoms with van der Waals surface area (Å²) in [5.74, 6) is 0.500. The molecule has 0 spiro atoms. The maximum absolute atomic E-state index is 12.6. The molecular weight excluding hydrogens is 352 g/mol. The molecule has 3 rings (SSSR count). The molecule has 0 saturated heterocycles. The quantitative estimate of drug-likeness (QED) is 0.689. The molecule has 0 bridgehead atoms. The molecule has 0 aliphatic carbocycles. The second kappa shape index (κ2) is 8.02. The number of rotatable bonds is 6. The van der Waals surface area contributed by atoms with Crippen LogP contribution in [0.2, 0.25) is 0 Å². The van der Waals surface area contributed by atoms with Crippen LogP contribution in [0.3, 0.4) is 0 Å². The summed E-state index contributed by atoms with van der Waals surface area (Å²) in [5.41, 5.74) is 6.77. The van der Waals surface area contributed by atoms with Crippen molar-refractivity contribution in [2.75, 3.05) is 19.4 Å². The van der Waals surface area contributed by atoms with Crippen molar-refractivity contribution >= 4 is 22.6 Å². The first-order valence-corrected chi connectivity index (χ1v) is 9.50. The lowest BCUT2D eigenvalue weighted by molar-refractivity contribution is 0.0828. The van der Waals surface area contributed by atoms with Gasteiger partial charge in [0.15, 0.2) is 0 Å². The van der Waals surface area contributed by atoms with E-state index in [9.17, 15) is 9.90 Å². The molecule has 0 aliphatic heterocycles. The number of imidazole rings is 1. The van der Waals surface area contributed by atoms with Crippen LogP contribution in [-0.4, -0.2) is 39.6 Å². The number of benzene rings is 2. The van der Waals surface area contributed by atoms with Crippen LogP contribution < -0.4 is 5.32 Å². The first-order valence-electron chi connectivity index (χ1n) is 9.50. The molecule has 0 atom stereocenters. The number of anilines is 1. The van der Waals surface area contributed by atoms with Gasteiger partial charge in [-0.25, -0.2) is 4.98 Å². The molecule has 0 unspecified atom stereocenters. The van der Waals surface area contributed by atoms with E-state index in [4.69, 9.17) is 0 Å². The molecule has 1 aromatic heterocycles. The van der Waals surface area contributed by atoms with Crippen LogP contribution in [0, 0.1) is 6.92 Å². The van der Waals surface area contributed by atoms with Crippen LogP contribution in [0.5, 0.6) is 0 Å². The van der Waals surface area contributed by atoms with E-state index in [0.29, 0.717) is 17.9 Å². The minimum absolute atomic E-state index is 0.0677. The fraction of sp³-hybridized carbons (Fsp3) is 0.364. The van der Waals surface area contributed by atoms with Crippen molar-refractivity contribution in [1.82, 2.24) is 14.5 Å². The van der Waals surface area contributed by atoms with Gasteiger partial charge in [0.2, 0.25) is 0 Å². The van der Waals surface area contributed by atoms with E-state index in [1.807, 2.05) is 23.7 Å². The van der Waals surface area contributed by atoms with Crippen molar-refractivity contribution in [3.8, 4) is 0 Å². The van der Waals surface area contributed by atoms with E-state index in [1.165, 1.54) is 16.7 Å². The van der Waals surface area contributed by atoms with Gasteiger partial charge >= 0.3 is 0 Å². The molecule has 6 nitrogen and oxygen atoms in total. The van der Waals surface area contributed by atoms with Gasteiger partial charge in [-0.2, -0.15) is 0 Å². The van der Waals surface area contributed by atoms with Gasteiger partial charge in [-0.15, -0.1) is 0 Å². The van der Waals surface area contributed by atoms with Crippen LogP contribution in [0.15, 0.2) is 30.3 Å². The number of hydrogen-bond donors (Lipinski definition) is 2. The molecule has 0 fully saturated rings. The summed E-state index contributed by atoms with van der Waals surface area (Å²) in [6, 6.07) is 10.0. The second-order valence-corrected chi connectivity index (χ2v) is 7.26. The number of aliphatic hydroxyl groups is 1. The lowest BCUT2D eigenvalue weighted by Gasteiger charge is -2.16. The number of aromatic nitrogens is 2. The van der Waals surface area contributed by atoms with Gasteiger partial charge in [-0.3, -0.25) is 4.79 Å². The van der Waals surface area contributed by atoms with Gasteiger partial charge in [0.05, 0.1) is 11.2 Å². The van der Waals surface area contributed by atoms with E-state index in [-0.39, 0.29) is 12.5 Å². The molecule has 2 N–H and O–H groups in total. The first-order chi connectivity index (χ1) is 13.4. The fourth-order valence-electron chi connectivity index (χ4n) is 3.52. The third kappa shape index (κ3) is 3.60. The van der Waals surface area contributed by atoms with E-state index in [1.54, 1.807) is 19.0 Å². The summed E-state index contributed by atoms with van der Waals surface area (Å²) in [5, 5.41) is 13.1. The molecule has 0 saturated carbocycles. The van der Waals surface area contributed by atoms with Crippen molar-refractivity contribution in [3.05, 3.63) is 58.4 Å². The predicted octanol–water partition coefficient (Wildman–Crippen LogP) is 3.25. The minimum Gasteiger partial charge on any atom is -0.388 e. The predicted molar refractivity (Wildman–Crippen MR) is 113 cm³/mol. The van der Waals surface area contributed by atoms with Crippen LogP contribution >= 0.6 is 0 Å².